The number of carbonyl (C=O) groups is 1. The quantitative estimate of drug-likeness (QED) is 0.123. The molecule has 0 N–H and O–H groups in total. The number of allylic oxidation sites excluding steroid dienone is 1. The second-order valence-corrected chi connectivity index (χ2v) is 11.3. The van der Waals surface area contributed by atoms with Gasteiger partial charge in [-0.3, -0.25) is 19.5 Å². The largest absolute Gasteiger partial charge is 0.489 e. The Morgan fingerprint density at radius 3 is 2.20 bits per heavy atom. The van der Waals surface area contributed by atoms with Gasteiger partial charge in [0.05, 0.1) is 32.3 Å². The molecule has 45 heavy (non-hydrogen) atoms. The van der Waals surface area contributed by atoms with E-state index < -0.39 is 22.5 Å². The number of hydrogen-bond acceptors (Lipinski definition) is 8. The van der Waals surface area contributed by atoms with Crippen LogP contribution in [0.3, 0.4) is 0 Å². The van der Waals surface area contributed by atoms with Crippen LogP contribution in [0.1, 0.15) is 35.2 Å². The van der Waals surface area contributed by atoms with Crippen LogP contribution in [-0.4, -0.2) is 15.5 Å². The molecule has 1 atom stereocenters. The summed E-state index contributed by atoms with van der Waals surface area (Å²) in [5.74, 6) is 0.0304. The van der Waals surface area contributed by atoms with Crippen LogP contribution in [0.15, 0.2) is 130 Å². The molecule has 0 radical (unpaired) electrons. The molecule has 0 fully saturated rings. The van der Waals surface area contributed by atoms with Gasteiger partial charge in [0.2, 0.25) is 0 Å². The third-order valence-electron chi connectivity index (χ3n) is 7.32. The van der Waals surface area contributed by atoms with Crippen LogP contribution < -0.4 is 19.6 Å². The van der Waals surface area contributed by atoms with Gasteiger partial charge in [-0.25, -0.2) is 9.79 Å². The normalized spacial score (nSPS) is 14.4. The lowest BCUT2D eigenvalue weighted by atomic mass is 9.96. The average Bonchev–Trinajstić information content (AvgIpc) is 3.37. The fraction of sp³-hybridized carbons (Fsp3) is 0.114. The second kappa shape index (κ2) is 12.9. The van der Waals surface area contributed by atoms with E-state index in [1.54, 1.807) is 37.3 Å². The molecule has 2 heterocycles. The van der Waals surface area contributed by atoms with Crippen LogP contribution in [0.4, 0.5) is 5.69 Å². The van der Waals surface area contributed by atoms with Gasteiger partial charge in [0, 0.05) is 6.07 Å². The Hall–Kier alpha value is -5.61. The van der Waals surface area contributed by atoms with Gasteiger partial charge < -0.3 is 9.47 Å². The van der Waals surface area contributed by atoms with Crippen LogP contribution in [0, 0.1) is 10.1 Å². The molecule has 1 aliphatic rings. The predicted octanol–water partition coefficient (Wildman–Crippen LogP) is 5.47. The van der Waals surface area contributed by atoms with Crippen LogP contribution >= 0.6 is 11.3 Å². The number of hydrogen-bond donors (Lipinski definition) is 0. The van der Waals surface area contributed by atoms with E-state index in [2.05, 4.69) is 4.99 Å². The lowest BCUT2D eigenvalue weighted by Gasteiger charge is -2.25. The van der Waals surface area contributed by atoms with Crippen LogP contribution in [-0.2, 0) is 22.7 Å². The first-order valence-corrected chi connectivity index (χ1v) is 14.9. The summed E-state index contributed by atoms with van der Waals surface area (Å²) in [7, 11) is 0. The molecule has 4 aromatic carbocycles. The van der Waals surface area contributed by atoms with E-state index in [1.807, 2.05) is 72.8 Å². The lowest BCUT2D eigenvalue weighted by Crippen LogP contribution is -2.39. The molecule has 6 rings (SSSR count). The number of fused-ring (bicyclic) bond motifs is 1. The minimum Gasteiger partial charge on any atom is -0.489 e. The van der Waals surface area contributed by atoms with Crippen LogP contribution in [0.2, 0.25) is 0 Å². The van der Waals surface area contributed by atoms with Gasteiger partial charge in [-0.1, -0.05) is 96.3 Å². The molecule has 0 saturated carbocycles. The van der Waals surface area contributed by atoms with Crippen molar-refractivity contribution >= 4 is 29.1 Å². The summed E-state index contributed by atoms with van der Waals surface area (Å²) in [5.41, 5.74) is 2.90. The van der Waals surface area contributed by atoms with Crippen LogP contribution in [0.25, 0.3) is 6.08 Å². The highest BCUT2D eigenvalue weighted by Crippen LogP contribution is 2.32. The molecular formula is C35H27N3O6S. The first-order chi connectivity index (χ1) is 21.9. The number of ether oxygens (including phenoxy) is 2. The van der Waals surface area contributed by atoms with Crippen molar-refractivity contribution < 1.29 is 19.2 Å². The SMILES string of the molecule is CC1=C(C(=O)OCc2ccccc2)C(c2ccc(OCc3ccccc3)cc2)n2c(s/c(=C\c3ccccc3[N+](=O)[O-])c2=O)=N1. The summed E-state index contributed by atoms with van der Waals surface area (Å²) >= 11 is 1.11. The summed E-state index contributed by atoms with van der Waals surface area (Å²) in [5, 5.41) is 11.6. The van der Waals surface area contributed by atoms with E-state index >= 15 is 0 Å². The standard InChI is InChI=1S/C35H27N3O6S/c1-23-31(34(40)44-22-25-12-6-3-7-13-25)32(26-16-18-28(19-17-26)43-21-24-10-4-2-5-11-24)37-33(39)30(45-35(37)36-23)20-27-14-8-9-15-29(27)38(41)42/h2-20,32H,21-22H2,1H3/b30-20-. The van der Waals surface area contributed by atoms with Gasteiger partial charge in [-0.15, -0.1) is 0 Å². The smallest absolute Gasteiger partial charge is 0.338 e. The zero-order valence-electron chi connectivity index (χ0n) is 24.2. The Balaban J connectivity index is 1.40. The topological polar surface area (TPSA) is 113 Å². The third-order valence-corrected chi connectivity index (χ3v) is 8.30. The Labute approximate surface area is 261 Å². The summed E-state index contributed by atoms with van der Waals surface area (Å²) in [4.78, 5) is 43.8. The molecule has 0 spiro atoms. The molecule has 1 unspecified atom stereocenters. The third kappa shape index (κ3) is 6.36. The summed E-state index contributed by atoms with van der Waals surface area (Å²) in [6, 6.07) is 31.7. The number of nitrogens with zero attached hydrogens (tertiary/aromatic N) is 3. The molecule has 1 aromatic heterocycles. The van der Waals surface area contributed by atoms with Crippen molar-refractivity contribution in [3.63, 3.8) is 0 Å². The Bertz CT molecular complexity index is 2090. The minimum absolute atomic E-state index is 0.0531. The number of nitro benzene ring substituents is 1. The predicted molar refractivity (Wildman–Crippen MR) is 170 cm³/mol. The van der Waals surface area contributed by atoms with E-state index in [0.29, 0.717) is 34.0 Å². The van der Waals surface area contributed by atoms with Gasteiger partial charge >= 0.3 is 5.97 Å². The molecule has 0 bridgehead atoms. The monoisotopic (exact) mass is 617 g/mol. The van der Waals surface area contributed by atoms with Gasteiger partial charge in [0.1, 0.15) is 19.0 Å². The minimum atomic E-state index is -0.847. The van der Waals surface area contributed by atoms with Crippen molar-refractivity contribution in [2.75, 3.05) is 0 Å². The number of esters is 1. The number of thiazole rings is 1. The van der Waals surface area contributed by atoms with Crippen molar-refractivity contribution in [1.82, 2.24) is 4.57 Å². The van der Waals surface area contributed by atoms with Gasteiger partial charge in [-0.05, 0) is 47.9 Å². The molecule has 0 saturated heterocycles. The second-order valence-electron chi connectivity index (χ2n) is 10.3. The van der Waals surface area contributed by atoms with E-state index in [9.17, 15) is 19.7 Å². The Kier molecular flexibility index (Phi) is 8.47. The Morgan fingerprint density at radius 1 is 0.911 bits per heavy atom. The molecule has 0 amide bonds. The Morgan fingerprint density at radius 2 is 1.53 bits per heavy atom. The molecule has 9 nitrogen and oxygen atoms in total. The fourth-order valence-corrected chi connectivity index (χ4v) is 6.14. The lowest BCUT2D eigenvalue weighted by molar-refractivity contribution is -0.385. The number of benzene rings is 4. The van der Waals surface area contributed by atoms with Crippen molar-refractivity contribution in [2.45, 2.75) is 26.2 Å². The van der Waals surface area contributed by atoms with Gasteiger partial charge in [0.25, 0.3) is 11.2 Å². The van der Waals surface area contributed by atoms with Crippen molar-refractivity contribution in [1.29, 1.82) is 0 Å². The first kappa shape index (κ1) is 29.5. The van der Waals surface area contributed by atoms with Crippen molar-refractivity contribution in [2.24, 2.45) is 4.99 Å². The highest BCUT2D eigenvalue weighted by atomic mass is 32.1. The molecule has 224 valence electrons. The van der Waals surface area contributed by atoms with Gasteiger partial charge in [0.15, 0.2) is 4.80 Å². The number of para-hydroxylation sites is 1. The number of rotatable bonds is 9. The van der Waals surface area contributed by atoms with Crippen molar-refractivity contribution in [3.8, 4) is 5.75 Å². The molecule has 5 aromatic rings. The summed E-state index contributed by atoms with van der Waals surface area (Å²) < 4.78 is 13.4. The number of nitro groups is 1. The zero-order valence-corrected chi connectivity index (χ0v) is 25.0. The van der Waals surface area contributed by atoms with Crippen molar-refractivity contribution in [3.05, 3.63) is 173 Å². The maximum absolute atomic E-state index is 14.0. The molecule has 1 aliphatic heterocycles. The first-order valence-electron chi connectivity index (χ1n) is 14.1. The summed E-state index contributed by atoms with van der Waals surface area (Å²) in [6.45, 7) is 2.15. The van der Waals surface area contributed by atoms with Crippen LogP contribution in [0.5, 0.6) is 5.75 Å². The van der Waals surface area contributed by atoms with E-state index in [-0.39, 0.29) is 22.4 Å². The van der Waals surface area contributed by atoms with E-state index in [0.717, 1.165) is 22.5 Å². The van der Waals surface area contributed by atoms with E-state index in [1.165, 1.54) is 16.7 Å². The number of aromatic nitrogens is 1. The van der Waals surface area contributed by atoms with Gasteiger partial charge in [-0.2, -0.15) is 0 Å². The maximum Gasteiger partial charge on any atom is 0.338 e. The molecular weight excluding hydrogens is 590 g/mol. The molecule has 0 aliphatic carbocycles. The molecule has 10 heteroatoms. The fourth-order valence-electron chi connectivity index (χ4n) is 5.10. The average molecular weight is 618 g/mol. The van der Waals surface area contributed by atoms with E-state index in [4.69, 9.17) is 9.47 Å². The highest BCUT2D eigenvalue weighted by molar-refractivity contribution is 7.07. The highest BCUT2D eigenvalue weighted by Gasteiger charge is 2.33. The summed E-state index contributed by atoms with van der Waals surface area (Å²) in [6.07, 6.45) is 1.49. The maximum atomic E-state index is 14.0. The zero-order chi connectivity index (χ0) is 31.3. The number of carbonyl (C=O) groups excluding carboxylic acids is 1.